The van der Waals surface area contributed by atoms with Gasteiger partial charge in [0, 0.05) is 5.75 Å². The van der Waals surface area contributed by atoms with Crippen LogP contribution in [0, 0.1) is 5.92 Å². The average Bonchev–Trinajstić information content (AvgIpc) is 2.89. The summed E-state index contributed by atoms with van der Waals surface area (Å²) in [6.07, 6.45) is 2.93. The minimum Gasteiger partial charge on any atom is -0.480 e. The lowest BCUT2D eigenvalue weighted by atomic mass is 10.0. The topological polar surface area (TPSA) is 86.7 Å². The van der Waals surface area contributed by atoms with Crippen LogP contribution in [0.4, 0.5) is 0 Å². The molecule has 8 heteroatoms. The summed E-state index contributed by atoms with van der Waals surface area (Å²) in [6, 6.07) is -1.44. The van der Waals surface area contributed by atoms with Gasteiger partial charge in [-0.15, -0.1) is 11.8 Å². The number of amides is 2. The van der Waals surface area contributed by atoms with Crippen LogP contribution in [0.1, 0.15) is 39.5 Å². The van der Waals surface area contributed by atoms with Crippen molar-refractivity contribution >= 4 is 42.2 Å². The molecule has 0 radical (unpaired) electrons. The van der Waals surface area contributed by atoms with Gasteiger partial charge in [0.2, 0.25) is 11.8 Å². The van der Waals surface area contributed by atoms with Gasteiger partial charge in [0.15, 0.2) is 0 Å². The van der Waals surface area contributed by atoms with Crippen LogP contribution in [-0.2, 0) is 14.4 Å². The molecule has 2 N–H and O–H groups in total. The van der Waals surface area contributed by atoms with E-state index >= 15 is 0 Å². The molecule has 0 aromatic carbocycles. The maximum Gasteiger partial charge on any atom is 0.327 e. The Hall–Kier alpha value is -0.890. The van der Waals surface area contributed by atoms with Crippen LogP contribution >= 0.6 is 24.4 Å². The van der Waals surface area contributed by atoms with Crippen LogP contribution in [0.25, 0.3) is 0 Å². The molecular weight excluding hydrogens is 336 g/mol. The van der Waals surface area contributed by atoms with Gasteiger partial charge >= 0.3 is 5.97 Å². The van der Waals surface area contributed by atoms with Gasteiger partial charge in [-0.2, -0.15) is 12.6 Å². The molecule has 2 fully saturated rings. The fraction of sp³-hybridized carbons (Fsp3) is 0.800. The lowest BCUT2D eigenvalue weighted by Crippen LogP contribution is -2.54. The Labute approximate surface area is 146 Å². The largest absolute Gasteiger partial charge is 0.480 e. The van der Waals surface area contributed by atoms with Crippen molar-refractivity contribution in [1.82, 2.24) is 10.2 Å². The third kappa shape index (κ3) is 3.96. The summed E-state index contributed by atoms with van der Waals surface area (Å²) >= 11 is 5.86. The number of rotatable bonds is 5. The molecule has 0 saturated carbocycles. The molecule has 2 amide bonds. The lowest BCUT2D eigenvalue weighted by Gasteiger charge is -2.29. The highest BCUT2D eigenvalue weighted by atomic mass is 32.2. The Morgan fingerprint density at radius 2 is 2.17 bits per heavy atom. The number of hydrogen-bond acceptors (Lipinski definition) is 5. The highest BCUT2D eigenvalue weighted by Crippen LogP contribution is 2.35. The van der Waals surface area contributed by atoms with Crippen molar-refractivity contribution in [3.05, 3.63) is 0 Å². The molecule has 5 atom stereocenters. The zero-order chi connectivity index (χ0) is 17.1. The molecule has 23 heavy (non-hydrogen) atoms. The normalized spacial score (nSPS) is 30.3. The smallest absolute Gasteiger partial charge is 0.327 e. The first-order valence-corrected chi connectivity index (χ1v) is 9.58. The van der Waals surface area contributed by atoms with E-state index in [0.29, 0.717) is 12.2 Å². The van der Waals surface area contributed by atoms with Crippen molar-refractivity contribution in [2.75, 3.05) is 5.75 Å². The van der Waals surface area contributed by atoms with Crippen LogP contribution in [0.15, 0.2) is 0 Å². The van der Waals surface area contributed by atoms with Gasteiger partial charge in [-0.3, -0.25) is 9.59 Å². The van der Waals surface area contributed by atoms with Crippen molar-refractivity contribution in [1.29, 1.82) is 0 Å². The van der Waals surface area contributed by atoms with E-state index in [1.165, 1.54) is 16.7 Å². The Morgan fingerprint density at radius 1 is 1.48 bits per heavy atom. The summed E-state index contributed by atoms with van der Waals surface area (Å²) in [6.45, 7) is 3.93. The quantitative estimate of drug-likeness (QED) is 0.645. The molecule has 2 rings (SSSR count). The van der Waals surface area contributed by atoms with Crippen molar-refractivity contribution in [2.24, 2.45) is 5.92 Å². The van der Waals surface area contributed by atoms with Gasteiger partial charge < -0.3 is 15.3 Å². The molecule has 2 aliphatic heterocycles. The maximum atomic E-state index is 12.7. The molecule has 130 valence electrons. The number of aliphatic carboxylic acids is 1. The molecule has 0 aromatic rings. The van der Waals surface area contributed by atoms with Crippen molar-refractivity contribution in [3.8, 4) is 0 Å². The monoisotopic (exact) mass is 360 g/mol. The third-order valence-corrected chi connectivity index (χ3v) is 6.74. The average molecular weight is 361 g/mol. The highest BCUT2D eigenvalue weighted by Gasteiger charge is 2.45. The summed E-state index contributed by atoms with van der Waals surface area (Å²) in [5, 5.41) is 11.5. The molecule has 0 unspecified atom stereocenters. The standard InChI is InChI=1S/C15H24N2O4S2/c1-3-8(2)12(22)13(18)16-9-5-4-6-11-17(14(9)19)10(7-23-11)15(20)21/h8-12,22H,3-7H2,1-2H3,(H,16,18)(H,20,21)/t8-,9-,10-,11+,12-/m0/s1. The van der Waals surface area contributed by atoms with E-state index in [-0.39, 0.29) is 23.1 Å². The number of carbonyl (C=O) groups excluding carboxylic acids is 2. The highest BCUT2D eigenvalue weighted by molar-refractivity contribution is 8.00. The molecule has 6 nitrogen and oxygen atoms in total. The number of thiol groups is 1. The Kier molecular flexibility index (Phi) is 6.25. The van der Waals surface area contributed by atoms with Crippen LogP contribution in [0.5, 0.6) is 0 Å². The minimum atomic E-state index is -0.980. The molecule has 2 saturated heterocycles. The number of carboxylic acid groups (broad SMARTS) is 1. The van der Waals surface area contributed by atoms with Crippen molar-refractivity contribution < 1.29 is 19.5 Å². The predicted octanol–water partition coefficient (Wildman–Crippen LogP) is 1.35. The summed E-state index contributed by atoms with van der Waals surface area (Å²) in [5.74, 6) is -0.983. The lowest BCUT2D eigenvalue weighted by molar-refractivity contribution is -0.150. The Morgan fingerprint density at radius 3 is 2.78 bits per heavy atom. The molecule has 0 bridgehead atoms. The number of carbonyl (C=O) groups is 3. The predicted molar refractivity (Wildman–Crippen MR) is 92.5 cm³/mol. The van der Waals surface area contributed by atoms with E-state index in [1.807, 2.05) is 13.8 Å². The van der Waals surface area contributed by atoms with Crippen LogP contribution < -0.4 is 5.32 Å². The van der Waals surface area contributed by atoms with E-state index in [1.54, 1.807) is 0 Å². The molecule has 0 spiro atoms. The maximum absolute atomic E-state index is 12.7. The van der Waals surface area contributed by atoms with Crippen molar-refractivity contribution in [2.45, 2.75) is 62.2 Å². The number of nitrogens with one attached hydrogen (secondary N) is 1. The second-order valence-corrected chi connectivity index (χ2v) is 7.98. The van der Waals surface area contributed by atoms with Gasteiger partial charge in [0.05, 0.1) is 10.6 Å². The van der Waals surface area contributed by atoms with E-state index in [0.717, 1.165) is 19.3 Å². The van der Waals surface area contributed by atoms with Crippen LogP contribution in [-0.4, -0.2) is 56.3 Å². The fourth-order valence-electron chi connectivity index (χ4n) is 2.94. The van der Waals surface area contributed by atoms with Gasteiger partial charge in [0.25, 0.3) is 0 Å². The summed E-state index contributed by atoms with van der Waals surface area (Å²) < 4.78 is 0. The summed E-state index contributed by atoms with van der Waals surface area (Å²) in [4.78, 5) is 37.9. The molecular formula is C15H24N2O4S2. The number of nitrogens with zero attached hydrogens (tertiary/aromatic N) is 1. The first-order chi connectivity index (χ1) is 10.9. The van der Waals surface area contributed by atoms with Gasteiger partial charge in [-0.25, -0.2) is 4.79 Å². The van der Waals surface area contributed by atoms with Gasteiger partial charge in [0.1, 0.15) is 12.1 Å². The molecule has 2 heterocycles. The molecule has 2 aliphatic rings. The first-order valence-electron chi connectivity index (χ1n) is 8.01. The Balaban J connectivity index is 2.09. The van der Waals surface area contributed by atoms with E-state index in [4.69, 9.17) is 0 Å². The number of carboxylic acids is 1. The zero-order valence-electron chi connectivity index (χ0n) is 13.4. The van der Waals surface area contributed by atoms with E-state index < -0.39 is 23.3 Å². The summed E-state index contributed by atoms with van der Waals surface area (Å²) in [5.41, 5.74) is 0. The SMILES string of the molecule is CC[C@H](C)[C@H](S)C(=O)N[C@H]1CCC[C@H]2SC[C@@H](C(=O)O)N2C1=O. The number of thioether (sulfide) groups is 1. The van der Waals surface area contributed by atoms with Gasteiger partial charge in [-0.05, 0) is 25.2 Å². The second kappa shape index (κ2) is 7.79. The number of hydrogen-bond donors (Lipinski definition) is 3. The minimum absolute atomic E-state index is 0.0909. The van der Waals surface area contributed by atoms with Crippen molar-refractivity contribution in [3.63, 3.8) is 0 Å². The van der Waals surface area contributed by atoms with E-state index in [9.17, 15) is 19.5 Å². The molecule has 0 aliphatic carbocycles. The van der Waals surface area contributed by atoms with Gasteiger partial charge in [-0.1, -0.05) is 20.3 Å². The third-order valence-electron chi connectivity index (χ3n) is 4.64. The van der Waals surface area contributed by atoms with Crippen LogP contribution in [0.3, 0.4) is 0 Å². The van der Waals surface area contributed by atoms with Crippen LogP contribution in [0.2, 0.25) is 0 Å². The second-order valence-electron chi connectivity index (χ2n) is 6.21. The Bertz CT molecular complexity index is 488. The first kappa shape index (κ1) is 18.4. The molecule has 0 aromatic heterocycles. The van der Waals surface area contributed by atoms with E-state index in [2.05, 4.69) is 17.9 Å². The fourth-order valence-corrected chi connectivity index (χ4v) is 4.68. The summed E-state index contributed by atoms with van der Waals surface area (Å²) in [7, 11) is 0. The zero-order valence-corrected chi connectivity index (χ0v) is 15.1. The number of fused-ring (bicyclic) bond motifs is 1.